The van der Waals surface area contributed by atoms with Crippen LogP contribution in [0.2, 0.25) is 0 Å². The average molecular weight is 339 g/mol. The first kappa shape index (κ1) is 14.7. The van der Waals surface area contributed by atoms with Crippen molar-refractivity contribution >= 4 is 33.5 Å². The van der Waals surface area contributed by atoms with Gasteiger partial charge in [0.25, 0.3) is 5.91 Å². The first-order valence-corrected chi connectivity index (χ1v) is 7.19. The number of Topliss-reactive ketones (excluding diaryl/α,β-unsaturated/α-hetero) is 1. The second-order valence-electron chi connectivity index (χ2n) is 4.71. The molecule has 0 heterocycles. The van der Waals surface area contributed by atoms with Crippen molar-refractivity contribution < 1.29 is 14.4 Å². The Morgan fingerprint density at radius 1 is 1.05 bits per heavy atom. The molecule has 106 valence electrons. The molecule has 20 heavy (non-hydrogen) atoms. The predicted molar refractivity (Wildman–Crippen MR) is 77.2 cm³/mol. The number of hydrogen-bond donors (Lipinski definition) is 2. The highest BCUT2D eigenvalue weighted by atomic mass is 79.9. The third-order valence-corrected chi connectivity index (χ3v) is 3.54. The number of halogens is 1. The normalized spacial score (nSPS) is 13.7. The fraction of sp³-hybridized carbons (Fsp3) is 0.357. The van der Waals surface area contributed by atoms with Crippen molar-refractivity contribution in [2.45, 2.75) is 12.8 Å². The van der Waals surface area contributed by atoms with E-state index in [1.54, 1.807) is 24.3 Å². The van der Waals surface area contributed by atoms with Crippen LogP contribution in [0.3, 0.4) is 0 Å². The van der Waals surface area contributed by atoms with Gasteiger partial charge in [-0.2, -0.15) is 0 Å². The molecular formula is C14H15BrN2O3. The number of carbonyl (C=O) groups is 3. The highest BCUT2D eigenvalue weighted by Gasteiger charge is 2.29. The van der Waals surface area contributed by atoms with Crippen LogP contribution in [-0.2, 0) is 9.59 Å². The third-order valence-electron chi connectivity index (χ3n) is 3.01. The fourth-order valence-electron chi connectivity index (χ4n) is 1.66. The predicted octanol–water partition coefficient (Wildman–Crippen LogP) is 1.27. The second kappa shape index (κ2) is 6.65. The largest absolute Gasteiger partial charge is 0.347 e. The van der Waals surface area contributed by atoms with Crippen LogP contribution in [0.4, 0.5) is 0 Å². The van der Waals surface area contributed by atoms with Gasteiger partial charge in [0, 0.05) is 16.0 Å². The number of rotatable bonds is 6. The summed E-state index contributed by atoms with van der Waals surface area (Å²) in [6.45, 7) is -0.0789. The van der Waals surface area contributed by atoms with Gasteiger partial charge in [0.15, 0.2) is 5.78 Å². The van der Waals surface area contributed by atoms with Gasteiger partial charge in [0.2, 0.25) is 5.91 Å². The Morgan fingerprint density at radius 3 is 2.30 bits per heavy atom. The van der Waals surface area contributed by atoms with Crippen LogP contribution in [0.1, 0.15) is 23.2 Å². The smallest absolute Gasteiger partial charge is 0.251 e. The monoisotopic (exact) mass is 338 g/mol. The molecule has 1 aliphatic carbocycles. The van der Waals surface area contributed by atoms with Gasteiger partial charge in [-0.15, -0.1) is 0 Å². The topological polar surface area (TPSA) is 75.3 Å². The number of hydrogen-bond acceptors (Lipinski definition) is 3. The molecule has 1 fully saturated rings. The van der Waals surface area contributed by atoms with Gasteiger partial charge in [0.05, 0.1) is 13.1 Å². The standard InChI is InChI=1S/C14H15BrN2O3/c15-11-5-3-10(4-6-11)14(20)17-8-13(19)16-7-12(18)9-1-2-9/h3-6,9H,1-2,7-8H2,(H,16,19)(H,17,20). The lowest BCUT2D eigenvalue weighted by molar-refractivity contribution is -0.125. The van der Waals surface area contributed by atoms with Crippen LogP contribution in [0, 0.1) is 5.92 Å². The number of nitrogens with one attached hydrogen (secondary N) is 2. The SMILES string of the molecule is O=C(CNC(=O)c1ccc(Br)cc1)NCC(=O)C1CC1. The first-order chi connectivity index (χ1) is 9.56. The highest BCUT2D eigenvalue weighted by Crippen LogP contribution is 2.29. The minimum atomic E-state index is -0.357. The quantitative estimate of drug-likeness (QED) is 0.820. The van der Waals surface area contributed by atoms with Crippen LogP contribution in [0.5, 0.6) is 0 Å². The van der Waals surface area contributed by atoms with E-state index in [2.05, 4.69) is 26.6 Å². The van der Waals surface area contributed by atoms with E-state index in [0.29, 0.717) is 5.56 Å². The molecule has 5 nitrogen and oxygen atoms in total. The maximum Gasteiger partial charge on any atom is 0.251 e. The molecule has 0 aromatic heterocycles. The molecule has 0 spiro atoms. The zero-order valence-electron chi connectivity index (χ0n) is 10.8. The van der Waals surface area contributed by atoms with Gasteiger partial charge in [-0.25, -0.2) is 0 Å². The Labute approximate surface area is 125 Å². The van der Waals surface area contributed by atoms with E-state index >= 15 is 0 Å². The van der Waals surface area contributed by atoms with Gasteiger partial charge >= 0.3 is 0 Å². The summed E-state index contributed by atoms with van der Waals surface area (Å²) in [6, 6.07) is 6.83. The van der Waals surface area contributed by atoms with Crippen molar-refractivity contribution in [1.82, 2.24) is 10.6 Å². The van der Waals surface area contributed by atoms with Crippen LogP contribution in [-0.4, -0.2) is 30.7 Å². The summed E-state index contributed by atoms with van der Waals surface area (Å²) in [7, 11) is 0. The molecule has 0 radical (unpaired) electrons. The number of ketones is 1. The number of benzene rings is 1. The summed E-state index contributed by atoms with van der Waals surface area (Å²) in [5.41, 5.74) is 0.482. The van der Waals surface area contributed by atoms with Gasteiger partial charge in [-0.3, -0.25) is 14.4 Å². The fourth-order valence-corrected chi connectivity index (χ4v) is 1.93. The summed E-state index contributed by atoms with van der Waals surface area (Å²) < 4.78 is 0.880. The van der Waals surface area contributed by atoms with Crippen LogP contribution < -0.4 is 10.6 Å². The van der Waals surface area contributed by atoms with Crippen LogP contribution in [0.25, 0.3) is 0 Å². The molecule has 0 bridgehead atoms. The summed E-state index contributed by atoms with van der Waals surface area (Å²) in [5, 5.41) is 5.02. The van der Waals surface area contributed by atoms with Crippen molar-refractivity contribution in [2.24, 2.45) is 5.92 Å². The third kappa shape index (κ3) is 4.45. The van der Waals surface area contributed by atoms with E-state index in [4.69, 9.17) is 0 Å². The molecular weight excluding hydrogens is 324 g/mol. The molecule has 0 atom stereocenters. The number of amides is 2. The van der Waals surface area contributed by atoms with Crippen molar-refractivity contribution in [3.8, 4) is 0 Å². The average Bonchev–Trinajstić information content (AvgIpc) is 3.27. The van der Waals surface area contributed by atoms with Crippen molar-refractivity contribution in [3.05, 3.63) is 34.3 Å². The minimum absolute atomic E-state index is 0.0532. The van der Waals surface area contributed by atoms with E-state index in [-0.39, 0.29) is 36.6 Å². The summed E-state index contributed by atoms with van der Waals surface area (Å²) in [4.78, 5) is 34.6. The van der Waals surface area contributed by atoms with E-state index in [1.165, 1.54) is 0 Å². The van der Waals surface area contributed by atoms with Crippen molar-refractivity contribution in [2.75, 3.05) is 13.1 Å². The molecule has 1 aliphatic rings. The Balaban J connectivity index is 1.70. The summed E-state index contributed by atoms with van der Waals surface area (Å²) >= 11 is 3.28. The van der Waals surface area contributed by atoms with E-state index in [0.717, 1.165) is 17.3 Å². The molecule has 0 unspecified atom stereocenters. The van der Waals surface area contributed by atoms with Gasteiger partial charge in [0.1, 0.15) is 0 Å². The summed E-state index contributed by atoms with van der Waals surface area (Å²) in [5.74, 6) is -0.476. The van der Waals surface area contributed by atoms with E-state index < -0.39 is 0 Å². The minimum Gasteiger partial charge on any atom is -0.347 e. The molecule has 2 rings (SSSR count). The van der Waals surface area contributed by atoms with Gasteiger partial charge in [-0.05, 0) is 37.1 Å². The first-order valence-electron chi connectivity index (χ1n) is 6.39. The van der Waals surface area contributed by atoms with Gasteiger partial charge in [-0.1, -0.05) is 15.9 Å². The lowest BCUT2D eigenvalue weighted by Crippen LogP contribution is -2.39. The van der Waals surface area contributed by atoms with Crippen molar-refractivity contribution in [1.29, 1.82) is 0 Å². The Morgan fingerprint density at radius 2 is 1.70 bits per heavy atom. The molecule has 2 N–H and O–H groups in total. The lowest BCUT2D eigenvalue weighted by atomic mass is 10.2. The van der Waals surface area contributed by atoms with E-state index in [1.807, 2.05) is 0 Å². The van der Waals surface area contributed by atoms with Crippen LogP contribution in [0.15, 0.2) is 28.7 Å². The van der Waals surface area contributed by atoms with Crippen molar-refractivity contribution in [3.63, 3.8) is 0 Å². The maximum atomic E-state index is 11.7. The molecule has 1 aromatic rings. The zero-order valence-corrected chi connectivity index (χ0v) is 12.4. The number of carbonyl (C=O) groups excluding carboxylic acids is 3. The Bertz CT molecular complexity index is 524. The second-order valence-corrected chi connectivity index (χ2v) is 5.62. The molecule has 1 aromatic carbocycles. The molecule has 1 saturated carbocycles. The summed E-state index contributed by atoms with van der Waals surface area (Å²) in [6.07, 6.45) is 1.85. The molecule has 6 heteroatoms. The molecule has 0 aliphatic heterocycles. The van der Waals surface area contributed by atoms with Crippen LogP contribution >= 0.6 is 15.9 Å². The molecule has 0 saturated heterocycles. The zero-order chi connectivity index (χ0) is 14.5. The molecule has 2 amide bonds. The maximum absolute atomic E-state index is 11.7. The highest BCUT2D eigenvalue weighted by molar-refractivity contribution is 9.10. The Kier molecular flexibility index (Phi) is 4.89. The Hall–Kier alpha value is -1.69. The van der Waals surface area contributed by atoms with E-state index in [9.17, 15) is 14.4 Å². The lowest BCUT2D eigenvalue weighted by Gasteiger charge is -2.06. The van der Waals surface area contributed by atoms with Gasteiger partial charge < -0.3 is 10.6 Å².